The van der Waals surface area contributed by atoms with E-state index in [2.05, 4.69) is 42.0 Å². The molecule has 0 spiro atoms. The monoisotopic (exact) mass is 431 g/mol. The molecular formula is C27H30FN3O. The molecule has 0 atom stereocenters. The van der Waals surface area contributed by atoms with Gasteiger partial charge >= 0.3 is 0 Å². The van der Waals surface area contributed by atoms with E-state index >= 15 is 0 Å². The number of hydrogen-bond acceptors (Lipinski definition) is 4. The smallest absolute Gasteiger partial charge is 0.149 e. The summed E-state index contributed by atoms with van der Waals surface area (Å²) in [5, 5.41) is 3.05. The Kier molecular flexibility index (Phi) is 8.20. The van der Waals surface area contributed by atoms with Crippen molar-refractivity contribution in [3.63, 3.8) is 0 Å². The quantitative estimate of drug-likeness (QED) is 0.255. The van der Waals surface area contributed by atoms with Crippen molar-refractivity contribution in [2.45, 2.75) is 19.8 Å². The van der Waals surface area contributed by atoms with Crippen molar-refractivity contribution in [1.29, 1.82) is 0 Å². The number of allylic oxidation sites excluding steroid dienone is 1. The SMILES string of the molecule is C=C(F)c1cc(/C(=C(\CCC)c2ccccc2)c2ccc(ONNC)cc2)ccc1NC. The molecular weight excluding hydrogens is 401 g/mol. The van der Waals surface area contributed by atoms with E-state index in [1.54, 1.807) is 14.1 Å². The van der Waals surface area contributed by atoms with Crippen LogP contribution in [0.2, 0.25) is 0 Å². The second-order valence-electron chi connectivity index (χ2n) is 7.36. The lowest BCUT2D eigenvalue weighted by Crippen LogP contribution is -2.30. The van der Waals surface area contributed by atoms with Gasteiger partial charge in [-0.15, -0.1) is 0 Å². The Labute approximate surface area is 189 Å². The van der Waals surface area contributed by atoms with Crippen molar-refractivity contribution in [2.75, 3.05) is 19.4 Å². The van der Waals surface area contributed by atoms with Crippen molar-refractivity contribution < 1.29 is 9.23 Å². The summed E-state index contributed by atoms with van der Waals surface area (Å²) in [5.41, 5.74) is 11.9. The third-order valence-electron chi connectivity index (χ3n) is 5.21. The summed E-state index contributed by atoms with van der Waals surface area (Å²) >= 11 is 0. The van der Waals surface area contributed by atoms with Gasteiger partial charge in [-0.2, -0.15) is 0 Å². The van der Waals surface area contributed by atoms with Gasteiger partial charge in [-0.05, 0) is 58.5 Å². The first-order valence-corrected chi connectivity index (χ1v) is 10.7. The van der Waals surface area contributed by atoms with Crippen molar-refractivity contribution in [3.05, 3.63) is 102 Å². The number of hydrogen-bond donors (Lipinski definition) is 3. The molecule has 3 N–H and O–H groups in total. The standard InChI is InChI=1S/C27H30FN3O/c1-5-9-24(20-10-7-6-8-11-20)27(21-12-15-23(16-13-21)32-31-30-4)22-14-17-26(29-3)25(18-22)19(2)28/h6-8,10-18,29-31H,2,5,9H2,1,3-4H3/b27-24+. The van der Waals surface area contributed by atoms with Gasteiger partial charge in [0.2, 0.25) is 0 Å². The predicted molar refractivity (Wildman–Crippen MR) is 133 cm³/mol. The van der Waals surface area contributed by atoms with Crippen molar-refractivity contribution in [3.8, 4) is 5.75 Å². The van der Waals surface area contributed by atoms with Crippen LogP contribution in [0.3, 0.4) is 0 Å². The Balaban J connectivity index is 2.24. The lowest BCUT2D eigenvalue weighted by Gasteiger charge is -2.19. The molecule has 5 heteroatoms. The molecule has 0 aliphatic carbocycles. The molecule has 166 valence electrons. The minimum absolute atomic E-state index is 0.463. The van der Waals surface area contributed by atoms with Crippen LogP contribution >= 0.6 is 0 Å². The van der Waals surface area contributed by atoms with E-state index in [0.717, 1.165) is 35.1 Å². The summed E-state index contributed by atoms with van der Waals surface area (Å²) in [6.07, 6.45) is 1.87. The van der Waals surface area contributed by atoms with Gasteiger partial charge in [0.25, 0.3) is 0 Å². The summed E-state index contributed by atoms with van der Waals surface area (Å²) in [7, 11) is 3.51. The lowest BCUT2D eigenvalue weighted by atomic mass is 9.86. The van der Waals surface area contributed by atoms with Gasteiger partial charge in [-0.3, -0.25) is 0 Å². The average Bonchev–Trinajstić information content (AvgIpc) is 2.83. The fraction of sp³-hybridized carbons (Fsp3) is 0.185. The topological polar surface area (TPSA) is 45.3 Å². The summed E-state index contributed by atoms with van der Waals surface area (Å²) in [4.78, 5) is 5.42. The Morgan fingerprint density at radius 2 is 1.59 bits per heavy atom. The summed E-state index contributed by atoms with van der Waals surface area (Å²) in [6.45, 7) is 5.70. The van der Waals surface area contributed by atoms with Gasteiger partial charge in [0.1, 0.15) is 11.6 Å². The molecule has 0 amide bonds. The molecule has 0 aliphatic rings. The number of halogens is 1. The Morgan fingerprint density at radius 1 is 0.906 bits per heavy atom. The van der Waals surface area contributed by atoms with E-state index in [0.29, 0.717) is 17.0 Å². The molecule has 3 aromatic carbocycles. The molecule has 0 saturated carbocycles. The van der Waals surface area contributed by atoms with Crippen molar-refractivity contribution in [2.24, 2.45) is 0 Å². The number of benzene rings is 3. The summed E-state index contributed by atoms with van der Waals surface area (Å²) in [6, 6.07) is 24.0. The largest absolute Gasteiger partial charge is 0.394 e. The number of rotatable bonds is 10. The maximum Gasteiger partial charge on any atom is 0.149 e. The molecule has 0 radical (unpaired) electrons. The Hall–Kier alpha value is -3.41. The van der Waals surface area contributed by atoms with Crippen LogP contribution in [0.1, 0.15) is 42.0 Å². The number of nitrogens with one attached hydrogen (secondary N) is 3. The molecule has 32 heavy (non-hydrogen) atoms. The van der Waals surface area contributed by atoms with Crippen LogP contribution in [0.15, 0.2) is 79.4 Å². The van der Waals surface area contributed by atoms with Crippen LogP contribution in [0, 0.1) is 0 Å². The van der Waals surface area contributed by atoms with Crippen LogP contribution in [-0.2, 0) is 0 Å². The van der Waals surface area contributed by atoms with E-state index in [9.17, 15) is 4.39 Å². The summed E-state index contributed by atoms with van der Waals surface area (Å²) < 4.78 is 14.3. The Morgan fingerprint density at radius 3 is 2.19 bits per heavy atom. The van der Waals surface area contributed by atoms with E-state index < -0.39 is 5.83 Å². The van der Waals surface area contributed by atoms with Gasteiger partial charge in [-0.1, -0.05) is 74.0 Å². The maximum absolute atomic E-state index is 14.3. The summed E-state index contributed by atoms with van der Waals surface area (Å²) in [5.74, 6) is 0.219. The minimum Gasteiger partial charge on any atom is -0.394 e. The molecule has 4 nitrogen and oxygen atoms in total. The van der Waals surface area contributed by atoms with Gasteiger partial charge < -0.3 is 10.2 Å². The first kappa shape index (κ1) is 23.3. The highest BCUT2D eigenvalue weighted by Gasteiger charge is 2.16. The highest BCUT2D eigenvalue weighted by molar-refractivity contribution is 5.99. The van der Waals surface area contributed by atoms with E-state index in [1.165, 1.54) is 5.57 Å². The highest BCUT2D eigenvalue weighted by Crippen LogP contribution is 2.38. The zero-order valence-electron chi connectivity index (χ0n) is 18.8. The maximum atomic E-state index is 14.3. The molecule has 0 unspecified atom stereocenters. The second-order valence-corrected chi connectivity index (χ2v) is 7.36. The lowest BCUT2D eigenvalue weighted by molar-refractivity contribution is 0.160. The van der Waals surface area contributed by atoms with Crippen LogP contribution < -0.4 is 21.2 Å². The van der Waals surface area contributed by atoms with Gasteiger partial charge in [0.05, 0.1) is 0 Å². The zero-order valence-corrected chi connectivity index (χ0v) is 18.8. The van der Waals surface area contributed by atoms with Crippen LogP contribution in [0.4, 0.5) is 10.1 Å². The van der Waals surface area contributed by atoms with Gasteiger partial charge in [-0.25, -0.2) is 9.82 Å². The fourth-order valence-corrected chi connectivity index (χ4v) is 3.76. The highest BCUT2D eigenvalue weighted by atomic mass is 19.1. The molecule has 0 aliphatic heterocycles. The molecule has 0 heterocycles. The average molecular weight is 432 g/mol. The van der Waals surface area contributed by atoms with Crippen LogP contribution in [-0.4, -0.2) is 14.1 Å². The molecule has 3 aromatic rings. The van der Waals surface area contributed by atoms with Crippen LogP contribution in [0.25, 0.3) is 17.0 Å². The minimum atomic E-state index is -0.464. The van der Waals surface area contributed by atoms with E-state index in [-0.39, 0.29) is 0 Å². The number of hydrazine groups is 1. The normalized spacial score (nSPS) is 11.6. The molecule has 0 bridgehead atoms. The Bertz CT molecular complexity index is 1080. The van der Waals surface area contributed by atoms with Crippen molar-refractivity contribution >= 4 is 22.7 Å². The molecule has 0 saturated heterocycles. The van der Waals surface area contributed by atoms with E-state index in [1.807, 2.05) is 60.7 Å². The predicted octanol–water partition coefficient (Wildman–Crippen LogP) is 6.45. The molecule has 0 fully saturated rings. The van der Waals surface area contributed by atoms with Crippen LogP contribution in [0.5, 0.6) is 5.75 Å². The second kappa shape index (κ2) is 11.3. The van der Waals surface area contributed by atoms with Gasteiger partial charge in [0.15, 0.2) is 0 Å². The van der Waals surface area contributed by atoms with Gasteiger partial charge in [0, 0.05) is 25.3 Å². The number of anilines is 1. The third kappa shape index (κ3) is 5.44. The first-order valence-electron chi connectivity index (χ1n) is 10.7. The molecule has 0 aromatic heterocycles. The van der Waals surface area contributed by atoms with Crippen molar-refractivity contribution in [1.82, 2.24) is 11.0 Å². The molecule has 3 rings (SSSR count). The first-order chi connectivity index (χ1) is 15.6. The zero-order chi connectivity index (χ0) is 22.9. The fourth-order valence-electron chi connectivity index (χ4n) is 3.76. The van der Waals surface area contributed by atoms with E-state index in [4.69, 9.17) is 4.84 Å². The third-order valence-corrected chi connectivity index (χ3v) is 5.21.